The zero-order chi connectivity index (χ0) is 10.7. The highest BCUT2D eigenvalue weighted by atomic mass is 16.5. The number of carbonyl (C=O) groups excluding carboxylic acids is 1. The molecule has 0 aliphatic carbocycles. The van der Waals surface area contributed by atoms with E-state index in [-0.39, 0.29) is 12.0 Å². The van der Waals surface area contributed by atoms with Gasteiger partial charge >= 0.3 is 5.97 Å². The Kier molecular flexibility index (Phi) is 3.59. The van der Waals surface area contributed by atoms with E-state index < -0.39 is 0 Å². The van der Waals surface area contributed by atoms with Crippen molar-refractivity contribution in [1.29, 1.82) is 0 Å². The van der Waals surface area contributed by atoms with Gasteiger partial charge in [0.1, 0.15) is 6.04 Å². The van der Waals surface area contributed by atoms with Crippen LogP contribution in [0.5, 0.6) is 0 Å². The maximum atomic E-state index is 11.3. The van der Waals surface area contributed by atoms with Gasteiger partial charge in [-0.2, -0.15) is 0 Å². The van der Waals surface area contributed by atoms with Crippen LogP contribution in [0, 0.1) is 0 Å². The van der Waals surface area contributed by atoms with Crippen LogP contribution in [-0.4, -0.2) is 49.2 Å². The Bertz CT molecular complexity index is 225. The summed E-state index contributed by atoms with van der Waals surface area (Å²) in [6.07, 6.45) is 3.14. The predicted octanol–water partition coefficient (Wildman–Crippen LogP) is 0.376. The fraction of sp³-hybridized carbons (Fsp3) is 0.909. The van der Waals surface area contributed by atoms with Gasteiger partial charge in [-0.3, -0.25) is 4.79 Å². The summed E-state index contributed by atoms with van der Waals surface area (Å²) in [5, 5.41) is 3.41. The molecular formula is C11H20N2O2. The molecule has 2 fully saturated rings. The van der Waals surface area contributed by atoms with E-state index in [9.17, 15) is 4.79 Å². The first-order chi connectivity index (χ1) is 7.29. The van der Waals surface area contributed by atoms with Crippen LogP contribution >= 0.6 is 0 Å². The van der Waals surface area contributed by atoms with E-state index in [0.29, 0.717) is 12.6 Å². The molecule has 86 valence electrons. The van der Waals surface area contributed by atoms with E-state index >= 15 is 0 Å². The average molecular weight is 212 g/mol. The molecule has 0 aromatic heterocycles. The van der Waals surface area contributed by atoms with E-state index in [1.54, 1.807) is 0 Å². The summed E-state index contributed by atoms with van der Waals surface area (Å²) < 4.78 is 4.94. The SMILES string of the molecule is CCN1CCC(NC2CCOC2=O)CC1. The number of ether oxygens (including phenoxy) is 1. The van der Waals surface area contributed by atoms with Crippen LogP contribution in [0.1, 0.15) is 26.2 Å². The molecular weight excluding hydrogens is 192 g/mol. The molecule has 15 heavy (non-hydrogen) atoms. The van der Waals surface area contributed by atoms with E-state index in [1.165, 1.54) is 0 Å². The number of nitrogens with zero attached hydrogens (tertiary/aromatic N) is 1. The Morgan fingerprint density at radius 3 is 2.67 bits per heavy atom. The molecule has 4 nitrogen and oxygen atoms in total. The molecule has 2 aliphatic rings. The molecule has 0 bridgehead atoms. The molecule has 2 rings (SSSR count). The molecule has 4 heteroatoms. The van der Waals surface area contributed by atoms with Crippen LogP contribution < -0.4 is 5.32 Å². The Morgan fingerprint density at radius 2 is 2.13 bits per heavy atom. The summed E-state index contributed by atoms with van der Waals surface area (Å²) >= 11 is 0. The van der Waals surface area contributed by atoms with Gasteiger partial charge in [0.15, 0.2) is 0 Å². The maximum Gasteiger partial charge on any atom is 0.323 e. The third-order valence-electron chi connectivity index (χ3n) is 3.41. The second-order valence-electron chi connectivity index (χ2n) is 4.38. The largest absolute Gasteiger partial charge is 0.464 e. The topological polar surface area (TPSA) is 41.6 Å². The summed E-state index contributed by atoms with van der Waals surface area (Å²) in [6.45, 7) is 6.22. The van der Waals surface area contributed by atoms with Crippen molar-refractivity contribution in [2.45, 2.75) is 38.3 Å². The van der Waals surface area contributed by atoms with E-state index in [0.717, 1.165) is 38.9 Å². The van der Waals surface area contributed by atoms with E-state index in [2.05, 4.69) is 17.1 Å². The highest BCUT2D eigenvalue weighted by Gasteiger charge is 2.29. The number of nitrogens with one attached hydrogen (secondary N) is 1. The van der Waals surface area contributed by atoms with Gasteiger partial charge in [0.25, 0.3) is 0 Å². The van der Waals surface area contributed by atoms with Gasteiger partial charge in [0.2, 0.25) is 0 Å². The Labute approximate surface area is 91.0 Å². The standard InChI is InChI=1S/C11H20N2O2/c1-2-13-6-3-9(4-7-13)12-10-5-8-15-11(10)14/h9-10,12H,2-8H2,1H3. The van der Waals surface area contributed by atoms with Crippen molar-refractivity contribution in [3.05, 3.63) is 0 Å². The molecule has 2 heterocycles. The smallest absolute Gasteiger partial charge is 0.323 e. The van der Waals surface area contributed by atoms with Crippen LogP contribution in [0.15, 0.2) is 0 Å². The molecule has 1 N–H and O–H groups in total. The molecule has 1 atom stereocenters. The van der Waals surface area contributed by atoms with Crippen molar-refractivity contribution in [1.82, 2.24) is 10.2 Å². The molecule has 0 aromatic carbocycles. The Morgan fingerprint density at radius 1 is 1.40 bits per heavy atom. The molecule has 0 saturated carbocycles. The molecule has 2 saturated heterocycles. The quantitative estimate of drug-likeness (QED) is 0.687. The number of rotatable bonds is 3. The summed E-state index contributed by atoms with van der Waals surface area (Å²) in [7, 11) is 0. The molecule has 0 amide bonds. The van der Waals surface area contributed by atoms with Crippen molar-refractivity contribution in [3.63, 3.8) is 0 Å². The number of hydrogen-bond donors (Lipinski definition) is 1. The first kappa shape index (κ1) is 10.9. The highest BCUT2D eigenvalue weighted by molar-refractivity contribution is 5.77. The molecule has 1 unspecified atom stereocenters. The monoisotopic (exact) mass is 212 g/mol. The molecule has 0 spiro atoms. The zero-order valence-corrected chi connectivity index (χ0v) is 9.37. The zero-order valence-electron chi connectivity index (χ0n) is 9.37. The molecule has 0 aromatic rings. The number of cyclic esters (lactones) is 1. The number of likely N-dealkylation sites (tertiary alicyclic amines) is 1. The first-order valence-electron chi connectivity index (χ1n) is 5.94. The third kappa shape index (κ3) is 2.69. The van der Waals surface area contributed by atoms with Gasteiger partial charge in [0, 0.05) is 12.5 Å². The molecule has 0 radical (unpaired) electrons. The van der Waals surface area contributed by atoms with Crippen LogP contribution in [0.4, 0.5) is 0 Å². The second kappa shape index (κ2) is 4.94. The van der Waals surface area contributed by atoms with E-state index in [4.69, 9.17) is 4.74 Å². The number of piperidine rings is 1. The lowest BCUT2D eigenvalue weighted by Crippen LogP contribution is -2.47. The maximum absolute atomic E-state index is 11.3. The third-order valence-corrected chi connectivity index (χ3v) is 3.41. The minimum absolute atomic E-state index is 0.0387. The van der Waals surface area contributed by atoms with Gasteiger partial charge < -0.3 is 15.0 Å². The number of esters is 1. The fourth-order valence-electron chi connectivity index (χ4n) is 2.35. The van der Waals surface area contributed by atoms with Gasteiger partial charge in [-0.15, -0.1) is 0 Å². The minimum atomic E-state index is -0.0621. The highest BCUT2D eigenvalue weighted by Crippen LogP contribution is 2.13. The van der Waals surface area contributed by atoms with Crippen LogP contribution in [0.2, 0.25) is 0 Å². The lowest BCUT2D eigenvalue weighted by Gasteiger charge is -2.32. The number of hydrogen-bond acceptors (Lipinski definition) is 4. The lowest BCUT2D eigenvalue weighted by atomic mass is 10.0. The predicted molar refractivity (Wildman–Crippen MR) is 57.6 cm³/mol. The Balaban J connectivity index is 1.74. The normalized spacial score (nSPS) is 29.4. The lowest BCUT2D eigenvalue weighted by molar-refractivity contribution is -0.139. The summed E-state index contributed by atoms with van der Waals surface area (Å²) in [6, 6.07) is 0.464. The van der Waals surface area contributed by atoms with Crippen molar-refractivity contribution in [2.24, 2.45) is 0 Å². The fourth-order valence-corrected chi connectivity index (χ4v) is 2.35. The summed E-state index contributed by atoms with van der Waals surface area (Å²) in [5.74, 6) is -0.0621. The van der Waals surface area contributed by atoms with Crippen molar-refractivity contribution >= 4 is 5.97 Å². The van der Waals surface area contributed by atoms with Crippen molar-refractivity contribution < 1.29 is 9.53 Å². The molecule has 2 aliphatic heterocycles. The average Bonchev–Trinajstić information content (AvgIpc) is 2.66. The Hall–Kier alpha value is -0.610. The van der Waals surface area contributed by atoms with Crippen LogP contribution in [0.25, 0.3) is 0 Å². The van der Waals surface area contributed by atoms with Crippen molar-refractivity contribution in [2.75, 3.05) is 26.2 Å². The van der Waals surface area contributed by atoms with E-state index in [1.807, 2.05) is 0 Å². The first-order valence-corrected chi connectivity index (χ1v) is 5.94. The van der Waals surface area contributed by atoms with Gasteiger partial charge in [-0.25, -0.2) is 0 Å². The van der Waals surface area contributed by atoms with Gasteiger partial charge in [-0.1, -0.05) is 6.92 Å². The van der Waals surface area contributed by atoms with Crippen LogP contribution in [-0.2, 0) is 9.53 Å². The number of carbonyl (C=O) groups is 1. The van der Waals surface area contributed by atoms with Crippen molar-refractivity contribution in [3.8, 4) is 0 Å². The summed E-state index contributed by atoms with van der Waals surface area (Å²) in [4.78, 5) is 13.7. The second-order valence-corrected chi connectivity index (χ2v) is 4.38. The summed E-state index contributed by atoms with van der Waals surface area (Å²) in [5.41, 5.74) is 0. The van der Waals surface area contributed by atoms with Gasteiger partial charge in [-0.05, 0) is 32.5 Å². The van der Waals surface area contributed by atoms with Crippen LogP contribution in [0.3, 0.4) is 0 Å². The van der Waals surface area contributed by atoms with Gasteiger partial charge in [0.05, 0.1) is 6.61 Å². The minimum Gasteiger partial charge on any atom is -0.464 e.